The summed E-state index contributed by atoms with van der Waals surface area (Å²) in [5, 5.41) is 0. The zero-order valence-corrected chi connectivity index (χ0v) is 6.85. The number of allylic oxidation sites excluding steroid dienone is 1. The molecule has 0 saturated heterocycles. The lowest BCUT2D eigenvalue weighted by atomic mass is 10.6. The molecule has 0 atom stereocenters. The number of hydroxylamine groups is 1. The molecule has 1 rings (SSSR count). The van der Waals surface area contributed by atoms with Crippen molar-refractivity contribution >= 4 is 22.5 Å². The van der Waals surface area contributed by atoms with Gasteiger partial charge in [-0.2, -0.15) is 8.42 Å². The van der Waals surface area contributed by atoms with E-state index in [-0.39, 0.29) is 17.3 Å². The standard InChI is InChI=1S/C4H5NO4S.ClH/c6-10(7,8)4-1-2-5-9-3-4;/h1-3,5H,(H,6,7,8);1H. The van der Waals surface area contributed by atoms with Gasteiger partial charge < -0.3 is 4.84 Å². The fraction of sp³-hybridized carbons (Fsp3) is 0. The molecule has 1 heterocycles. The van der Waals surface area contributed by atoms with Crippen LogP contribution in [0.4, 0.5) is 0 Å². The lowest BCUT2D eigenvalue weighted by molar-refractivity contribution is 0.171. The van der Waals surface area contributed by atoms with E-state index >= 15 is 0 Å². The maximum Gasteiger partial charge on any atom is 0.297 e. The quantitative estimate of drug-likeness (QED) is 0.590. The maximum absolute atomic E-state index is 10.3. The van der Waals surface area contributed by atoms with Crippen LogP contribution in [-0.2, 0) is 15.0 Å². The number of nitrogens with one attached hydrogen (secondary N) is 1. The van der Waals surface area contributed by atoms with E-state index in [4.69, 9.17) is 4.55 Å². The van der Waals surface area contributed by atoms with Crippen molar-refractivity contribution < 1.29 is 17.8 Å². The highest BCUT2D eigenvalue weighted by Gasteiger charge is 2.12. The average Bonchev–Trinajstić information content (AvgIpc) is 1.88. The number of hydrogen-bond donors (Lipinski definition) is 2. The van der Waals surface area contributed by atoms with Gasteiger partial charge in [-0.1, -0.05) is 0 Å². The number of halogens is 1. The van der Waals surface area contributed by atoms with Gasteiger partial charge in [0.1, 0.15) is 11.2 Å². The van der Waals surface area contributed by atoms with Gasteiger partial charge in [-0.05, 0) is 6.08 Å². The number of hydrogen-bond acceptors (Lipinski definition) is 4. The van der Waals surface area contributed by atoms with Crippen LogP contribution in [0.15, 0.2) is 23.4 Å². The zero-order valence-electron chi connectivity index (χ0n) is 5.22. The molecule has 11 heavy (non-hydrogen) atoms. The van der Waals surface area contributed by atoms with Crippen molar-refractivity contribution in [3.8, 4) is 0 Å². The molecule has 2 N–H and O–H groups in total. The first-order valence-corrected chi connectivity index (χ1v) is 3.80. The molecule has 0 amide bonds. The van der Waals surface area contributed by atoms with Crippen LogP contribution < -0.4 is 5.48 Å². The number of rotatable bonds is 1. The summed E-state index contributed by atoms with van der Waals surface area (Å²) in [6.07, 6.45) is 3.33. The molecular weight excluding hydrogens is 194 g/mol. The van der Waals surface area contributed by atoms with Crippen LogP contribution in [0.1, 0.15) is 0 Å². The van der Waals surface area contributed by atoms with Gasteiger partial charge in [-0.15, -0.1) is 12.4 Å². The molecule has 5 nitrogen and oxygen atoms in total. The van der Waals surface area contributed by atoms with Crippen LogP contribution in [0.3, 0.4) is 0 Å². The molecule has 0 aromatic heterocycles. The Morgan fingerprint density at radius 3 is 2.45 bits per heavy atom. The molecule has 1 aliphatic heterocycles. The van der Waals surface area contributed by atoms with Crippen molar-refractivity contribution in [1.29, 1.82) is 0 Å². The second-order valence-electron chi connectivity index (χ2n) is 1.56. The van der Waals surface area contributed by atoms with Crippen molar-refractivity contribution in [3.63, 3.8) is 0 Å². The first-order chi connectivity index (χ1) is 4.61. The first kappa shape index (κ1) is 10.3. The summed E-state index contributed by atoms with van der Waals surface area (Å²) in [6, 6.07) is 0. The van der Waals surface area contributed by atoms with Gasteiger partial charge in [0.15, 0.2) is 0 Å². The highest BCUT2D eigenvalue weighted by molar-refractivity contribution is 7.90. The molecule has 0 fully saturated rings. The van der Waals surface area contributed by atoms with Gasteiger partial charge in [0, 0.05) is 6.20 Å². The van der Waals surface area contributed by atoms with Gasteiger partial charge in [0.05, 0.1) is 0 Å². The third-order valence-corrected chi connectivity index (χ3v) is 1.68. The van der Waals surface area contributed by atoms with Crippen molar-refractivity contribution in [3.05, 3.63) is 23.4 Å². The minimum Gasteiger partial charge on any atom is -0.389 e. The smallest absolute Gasteiger partial charge is 0.297 e. The van der Waals surface area contributed by atoms with E-state index < -0.39 is 10.1 Å². The van der Waals surface area contributed by atoms with E-state index in [1.807, 2.05) is 0 Å². The molecule has 1 aliphatic rings. The Bertz CT molecular complexity index is 280. The third-order valence-electron chi connectivity index (χ3n) is 0.857. The van der Waals surface area contributed by atoms with Gasteiger partial charge in [-0.25, -0.2) is 5.48 Å². The highest BCUT2D eigenvalue weighted by Crippen LogP contribution is 2.07. The van der Waals surface area contributed by atoms with Gasteiger partial charge in [0.2, 0.25) is 0 Å². The fourth-order valence-corrected chi connectivity index (χ4v) is 0.843. The minimum absolute atomic E-state index is 0. The van der Waals surface area contributed by atoms with Crippen LogP contribution in [-0.4, -0.2) is 13.0 Å². The maximum atomic E-state index is 10.3. The van der Waals surface area contributed by atoms with Gasteiger partial charge in [-0.3, -0.25) is 4.55 Å². The van der Waals surface area contributed by atoms with Crippen LogP contribution in [0, 0.1) is 0 Å². The summed E-state index contributed by atoms with van der Waals surface area (Å²) in [5.74, 6) is 0. The molecule has 0 radical (unpaired) electrons. The van der Waals surface area contributed by atoms with Crippen molar-refractivity contribution in [1.82, 2.24) is 5.48 Å². The summed E-state index contributed by atoms with van der Waals surface area (Å²) in [5.41, 5.74) is 2.25. The van der Waals surface area contributed by atoms with Crippen molar-refractivity contribution in [2.45, 2.75) is 0 Å². The predicted octanol–water partition coefficient (Wildman–Crippen LogP) is 0.186. The molecule has 0 bridgehead atoms. The Hall–Kier alpha value is -0.720. The van der Waals surface area contributed by atoms with Crippen LogP contribution >= 0.6 is 12.4 Å². The van der Waals surface area contributed by atoms with E-state index in [2.05, 4.69) is 10.3 Å². The van der Waals surface area contributed by atoms with E-state index in [1.54, 1.807) is 0 Å². The summed E-state index contributed by atoms with van der Waals surface area (Å²) in [7, 11) is -4.12. The second kappa shape index (κ2) is 3.61. The molecule has 0 spiro atoms. The minimum atomic E-state index is -4.12. The van der Waals surface area contributed by atoms with Crippen LogP contribution in [0.25, 0.3) is 0 Å². The lowest BCUT2D eigenvalue weighted by Crippen LogP contribution is -2.10. The second-order valence-corrected chi connectivity index (χ2v) is 2.99. The normalized spacial score (nSPS) is 15.5. The van der Waals surface area contributed by atoms with Crippen LogP contribution in [0.5, 0.6) is 0 Å². The molecule has 64 valence electrons. The lowest BCUT2D eigenvalue weighted by Gasteiger charge is -2.04. The van der Waals surface area contributed by atoms with E-state index in [1.165, 1.54) is 12.3 Å². The molecule has 0 saturated carbocycles. The summed E-state index contributed by atoms with van der Waals surface area (Å²) in [4.78, 5) is 4.10. The largest absolute Gasteiger partial charge is 0.389 e. The first-order valence-electron chi connectivity index (χ1n) is 2.36. The van der Waals surface area contributed by atoms with E-state index in [9.17, 15) is 8.42 Å². The Labute approximate surface area is 69.8 Å². The van der Waals surface area contributed by atoms with Crippen molar-refractivity contribution in [2.75, 3.05) is 0 Å². The summed E-state index contributed by atoms with van der Waals surface area (Å²) >= 11 is 0. The molecule has 0 unspecified atom stereocenters. The third kappa shape index (κ3) is 2.79. The summed E-state index contributed by atoms with van der Waals surface area (Å²) < 4.78 is 29.0. The fourth-order valence-electron chi connectivity index (χ4n) is 0.434. The monoisotopic (exact) mass is 199 g/mol. The Kier molecular flexibility index (Phi) is 3.37. The Morgan fingerprint density at radius 1 is 1.55 bits per heavy atom. The molecule has 0 aromatic carbocycles. The molecule has 0 aromatic rings. The Balaban J connectivity index is 0.000001000. The SMILES string of the molecule is Cl.O=S(=O)(O)C1=CONC=C1. The molecule has 0 aliphatic carbocycles. The average molecular weight is 200 g/mol. The zero-order chi connectivity index (χ0) is 7.61. The van der Waals surface area contributed by atoms with E-state index in [0.29, 0.717) is 0 Å². The van der Waals surface area contributed by atoms with E-state index in [0.717, 1.165) is 6.26 Å². The van der Waals surface area contributed by atoms with Crippen molar-refractivity contribution in [2.24, 2.45) is 0 Å². The van der Waals surface area contributed by atoms with Crippen LogP contribution in [0.2, 0.25) is 0 Å². The van der Waals surface area contributed by atoms with Gasteiger partial charge >= 0.3 is 0 Å². The topological polar surface area (TPSA) is 75.6 Å². The Morgan fingerprint density at radius 2 is 2.18 bits per heavy atom. The van der Waals surface area contributed by atoms with Gasteiger partial charge in [0.25, 0.3) is 10.1 Å². The molecular formula is C4H6ClNO4S. The predicted molar refractivity (Wildman–Crippen MR) is 40.2 cm³/mol. The highest BCUT2D eigenvalue weighted by atomic mass is 35.5. The molecule has 7 heteroatoms. The summed E-state index contributed by atoms with van der Waals surface area (Å²) in [6.45, 7) is 0.